The van der Waals surface area contributed by atoms with Crippen LogP contribution in [-0.2, 0) is 6.54 Å². The van der Waals surface area contributed by atoms with E-state index in [0.717, 1.165) is 16.7 Å². The summed E-state index contributed by atoms with van der Waals surface area (Å²) in [5.41, 5.74) is 9.92. The monoisotopic (exact) mass is 238 g/mol. The number of rotatable bonds is 2. The van der Waals surface area contributed by atoms with Gasteiger partial charge in [-0.2, -0.15) is 0 Å². The van der Waals surface area contributed by atoms with Gasteiger partial charge in [0.1, 0.15) is 5.52 Å². The summed E-state index contributed by atoms with van der Waals surface area (Å²) in [6.45, 7) is 2.69. The van der Waals surface area contributed by atoms with E-state index in [1.807, 2.05) is 42.0 Å². The maximum Gasteiger partial charge on any atom is 0.202 e. The van der Waals surface area contributed by atoms with Crippen LogP contribution in [0.3, 0.4) is 0 Å². The van der Waals surface area contributed by atoms with Crippen molar-refractivity contribution >= 4 is 17.1 Å². The summed E-state index contributed by atoms with van der Waals surface area (Å²) < 4.78 is 1.93. The van der Waals surface area contributed by atoms with Crippen molar-refractivity contribution in [3.05, 3.63) is 53.7 Å². The Morgan fingerprint density at radius 3 is 2.78 bits per heavy atom. The molecule has 2 aromatic heterocycles. The molecule has 0 amide bonds. The molecule has 3 rings (SSSR count). The minimum Gasteiger partial charge on any atom is -0.369 e. The number of aryl methyl sites for hydroxylation is 1. The molecule has 0 aliphatic rings. The Kier molecular flexibility index (Phi) is 2.48. The van der Waals surface area contributed by atoms with Crippen molar-refractivity contribution in [1.82, 2.24) is 14.5 Å². The molecule has 0 aliphatic carbocycles. The maximum absolute atomic E-state index is 5.96. The lowest BCUT2D eigenvalue weighted by molar-refractivity contribution is 0.827. The van der Waals surface area contributed by atoms with Crippen molar-refractivity contribution in [2.24, 2.45) is 0 Å². The van der Waals surface area contributed by atoms with Crippen LogP contribution in [0, 0.1) is 6.92 Å². The van der Waals surface area contributed by atoms with Gasteiger partial charge in [-0.05, 0) is 24.1 Å². The van der Waals surface area contributed by atoms with Gasteiger partial charge in [-0.25, -0.2) is 9.97 Å². The van der Waals surface area contributed by atoms with Gasteiger partial charge in [-0.3, -0.25) is 4.57 Å². The third-order valence-electron chi connectivity index (χ3n) is 2.93. The van der Waals surface area contributed by atoms with Crippen LogP contribution in [0.1, 0.15) is 11.1 Å². The van der Waals surface area contributed by atoms with Gasteiger partial charge < -0.3 is 5.73 Å². The molecule has 90 valence electrons. The van der Waals surface area contributed by atoms with Gasteiger partial charge in [0.2, 0.25) is 5.95 Å². The van der Waals surface area contributed by atoms with E-state index in [2.05, 4.69) is 22.1 Å². The van der Waals surface area contributed by atoms with E-state index in [4.69, 9.17) is 5.73 Å². The van der Waals surface area contributed by atoms with E-state index in [-0.39, 0.29) is 0 Å². The lowest BCUT2D eigenvalue weighted by Gasteiger charge is -2.05. The fourth-order valence-corrected chi connectivity index (χ4v) is 2.05. The number of fused-ring (bicyclic) bond motifs is 1. The highest BCUT2D eigenvalue weighted by molar-refractivity contribution is 5.74. The van der Waals surface area contributed by atoms with E-state index < -0.39 is 0 Å². The largest absolute Gasteiger partial charge is 0.369 e. The van der Waals surface area contributed by atoms with Gasteiger partial charge in [-0.1, -0.05) is 30.3 Å². The number of anilines is 1. The van der Waals surface area contributed by atoms with Gasteiger partial charge in [-0.15, -0.1) is 0 Å². The number of nitrogens with two attached hydrogens (primary N) is 1. The Bertz CT molecular complexity index is 686. The van der Waals surface area contributed by atoms with Crippen LogP contribution in [0.25, 0.3) is 11.2 Å². The summed E-state index contributed by atoms with van der Waals surface area (Å²) >= 11 is 0. The molecule has 0 bridgehead atoms. The van der Waals surface area contributed by atoms with Crippen LogP contribution in [0.4, 0.5) is 5.95 Å². The molecule has 4 nitrogen and oxygen atoms in total. The number of nitrogen functional groups attached to an aromatic ring is 1. The normalized spacial score (nSPS) is 10.9. The van der Waals surface area contributed by atoms with Gasteiger partial charge in [0.05, 0.1) is 6.54 Å². The highest BCUT2D eigenvalue weighted by Gasteiger charge is 2.09. The van der Waals surface area contributed by atoms with E-state index in [1.54, 1.807) is 0 Å². The zero-order valence-electron chi connectivity index (χ0n) is 10.2. The first-order chi connectivity index (χ1) is 8.74. The number of pyridine rings is 1. The van der Waals surface area contributed by atoms with Gasteiger partial charge in [0, 0.05) is 6.20 Å². The van der Waals surface area contributed by atoms with Crippen molar-refractivity contribution in [2.75, 3.05) is 5.73 Å². The first-order valence-electron chi connectivity index (χ1n) is 5.86. The molecule has 0 saturated heterocycles. The van der Waals surface area contributed by atoms with Crippen molar-refractivity contribution in [3.8, 4) is 0 Å². The minimum absolute atomic E-state index is 0.506. The number of nitrogens with zero attached hydrogens (tertiary/aromatic N) is 3. The minimum atomic E-state index is 0.506. The molecule has 0 aliphatic heterocycles. The number of benzene rings is 1. The molecule has 3 aromatic rings. The second kappa shape index (κ2) is 4.14. The number of hydrogen-bond donors (Lipinski definition) is 1. The van der Waals surface area contributed by atoms with Crippen LogP contribution in [0.15, 0.2) is 42.6 Å². The lowest BCUT2D eigenvalue weighted by Crippen LogP contribution is -2.05. The predicted molar refractivity (Wildman–Crippen MR) is 72.2 cm³/mol. The molecule has 0 radical (unpaired) electrons. The van der Waals surface area contributed by atoms with Gasteiger partial charge in [0.25, 0.3) is 0 Å². The Labute approximate surface area is 105 Å². The average molecular weight is 238 g/mol. The third-order valence-corrected chi connectivity index (χ3v) is 2.93. The molecule has 1 aromatic carbocycles. The summed E-state index contributed by atoms with van der Waals surface area (Å²) in [4.78, 5) is 8.77. The Balaban J connectivity index is 2.09. The summed E-state index contributed by atoms with van der Waals surface area (Å²) in [7, 11) is 0. The molecule has 2 heterocycles. The van der Waals surface area contributed by atoms with Gasteiger partial charge >= 0.3 is 0 Å². The Morgan fingerprint density at radius 2 is 2.00 bits per heavy atom. The highest BCUT2D eigenvalue weighted by atomic mass is 15.2. The molecule has 0 unspecified atom stereocenters. The van der Waals surface area contributed by atoms with E-state index in [0.29, 0.717) is 12.5 Å². The molecule has 18 heavy (non-hydrogen) atoms. The smallest absolute Gasteiger partial charge is 0.202 e. The molecule has 0 spiro atoms. The van der Waals surface area contributed by atoms with Crippen molar-refractivity contribution in [2.45, 2.75) is 13.5 Å². The molecule has 0 fully saturated rings. The Morgan fingerprint density at radius 1 is 1.22 bits per heavy atom. The fourth-order valence-electron chi connectivity index (χ4n) is 2.05. The van der Waals surface area contributed by atoms with E-state index >= 15 is 0 Å². The van der Waals surface area contributed by atoms with Crippen molar-refractivity contribution < 1.29 is 0 Å². The van der Waals surface area contributed by atoms with Gasteiger partial charge in [0.15, 0.2) is 5.65 Å². The first-order valence-corrected chi connectivity index (χ1v) is 5.86. The fraction of sp³-hybridized carbons (Fsp3) is 0.143. The van der Waals surface area contributed by atoms with Crippen LogP contribution in [-0.4, -0.2) is 14.5 Å². The number of imidazole rings is 1. The standard InChI is InChI=1S/C14H14N4/c1-10-7-12-13(16-8-10)18(14(15)17-12)9-11-5-3-2-4-6-11/h2-8H,9H2,1H3,(H2,15,17). The van der Waals surface area contributed by atoms with Crippen LogP contribution in [0.2, 0.25) is 0 Å². The highest BCUT2D eigenvalue weighted by Crippen LogP contribution is 2.18. The zero-order valence-corrected chi connectivity index (χ0v) is 10.2. The molecular weight excluding hydrogens is 224 g/mol. The quantitative estimate of drug-likeness (QED) is 0.745. The number of aromatic nitrogens is 3. The van der Waals surface area contributed by atoms with Crippen LogP contribution in [0.5, 0.6) is 0 Å². The lowest BCUT2D eigenvalue weighted by atomic mass is 10.2. The van der Waals surface area contributed by atoms with Crippen LogP contribution < -0.4 is 5.73 Å². The van der Waals surface area contributed by atoms with Crippen molar-refractivity contribution in [3.63, 3.8) is 0 Å². The van der Waals surface area contributed by atoms with E-state index in [9.17, 15) is 0 Å². The second-order valence-corrected chi connectivity index (χ2v) is 4.40. The average Bonchev–Trinajstić information content (AvgIpc) is 2.66. The SMILES string of the molecule is Cc1cnc2c(c1)nc(N)n2Cc1ccccc1. The van der Waals surface area contributed by atoms with Crippen LogP contribution >= 0.6 is 0 Å². The molecule has 0 saturated carbocycles. The second-order valence-electron chi connectivity index (χ2n) is 4.40. The summed E-state index contributed by atoms with van der Waals surface area (Å²) in [6, 6.07) is 12.2. The van der Waals surface area contributed by atoms with E-state index in [1.165, 1.54) is 5.56 Å². The predicted octanol–water partition coefficient (Wildman–Crippen LogP) is 2.37. The molecule has 2 N–H and O–H groups in total. The Hall–Kier alpha value is -2.36. The first kappa shape index (κ1) is 10.8. The number of hydrogen-bond acceptors (Lipinski definition) is 3. The zero-order chi connectivity index (χ0) is 12.5. The molecule has 0 atom stereocenters. The molecule has 4 heteroatoms. The summed E-state index contributed by atoms with van der Waals surface area (Å²) in [5.74, 6) is 0.506. The van der Waals surface area contributed by atoms with Crippen molar-refractivity contribution in [1.29, 1.82) is 0 Å². The summed E-state index contributed by atoms with van der Waals surface area (Å²) in [5, 5.41) is 0. The maximum atomic E-state index is 5.96. The molecular formula is C14H14N4. The third kappa shape index (κ3) is 1.82. The summed E-state index contributed by atoms with van der Waals surface area (Å²) in [6.07, 6.45) is 1.84. The topological polar surface area (TPSA) is 56.7 Å².